The smallest absolute Gasteiger partial charge is 0.164 e. The van der Waals surface area contributed by atoms with E-state index in [4.69, 9.17) is 4.98 Å². The first-order chi connectivity index (χ1) is 14.3. The first-order valence-electron chi connectivity index (χ1n) is 9.21. The number of hydrogen-bond acceptors (Lipinski definition) is 6. The van der Waals surface area contributed by atoms with Crippen LogP contribution in [-0.4, -0.2) is 34.5 Å². The van der Waals surface area contributed by atoms with E-state index in [0.717, 1.165) is 33.7 Å². The molecule has 0 atom stereocenters. The molecule has 0 saturated carbocycles. The van der Waals surface area contributed by atoms with Gasteiger partial charge in [0.15, 0.2) is 11.5 Å². The summed E-state index contributed by atoms with van der Waals surface area (Å²) in [4.78, 5) is 13.5. The molecule has 5 aromatic rings. The molecule has 0 radical (unpaired) electrons. The van der Waals surface area contributed by atoms with Gasteiger partial charge in [-0.05, 0) is 29.8 Å². The molecule has 0 aliphatic carbocycles. The van der Waals surface area contributed by atoms with Gasteiger partial charge in [-0.25, -0.2) is 14.6 Å². The second kappa shape index (κ2) is 7.16. The van der Waals surface area contributed by atoms with Gasteiger partial charge in [-0.15, -0.1) is 0 Å². The Bertz CT molecular complexity index is 1260. The number of anilines is 1. The quantitative estimate of drug-likeness (QED) is 0.502. The molecule has 0 aliphatic rings. The van der Waals surface area contributed by atoms with Crippen LogP contribution in [0, 0.1) is 0 Å². The zero-order valence-corrected chi connectivity index (χ0v) is 15.8. The number of rotatable bonds is 5. The van der Waals surface area contributed by atoms with Gasteiger partial charge in [0.25, 0.3) is 0 Å². The summed E-state index contributed by atoms with van der Waals surface area (Å²) in [6.45, 7) is 0.590. The molecule has 29 heavy (non-hydrogen) atoms. The number of fused-ring (bicyclic) bond motifs is 1. The largest absolute Gasteiger partial charge is 0.365 e. The molecule has 0 spiro atoms. The van der Waals surface area contributed by atoms with Crippen molar-refractivity contribution in [1.29, 1.82) is 0 Å². The van der Waals surface area contributed by atoms with Crippen LogP contribution in [-0.2, 0) is 13.6 Å². The molecule has 1 aromatic carbocycles. The predicted molar refractivity (Wildman–Crippen MR) is 110 cm³/mol. The first-order valence-corrected chi connectivity index (χ1v) is 9.21. The van der Waals surface area contributed by atoms with E-state index in [-0.39, 0.29) is 0 Å². The number of nitrogens with zero attached hydrogens (tertiary/aromatic N) is 7. The van der Waals surface area contributed by atoms with Crippen molar-refractivity contribution in [1.82, 2.24) is 34.5 Å². The number of nitrogens with one attached hydrogen (secondary N) is 1. The normalized spacial score (nSPS) is 11.1. The van der Waals surface area contributed by atoms with Crippen molar-refractivity contribution in [2.45, 2.75) is 6.54 Å². The summed E-state index contributed by atoms with van der Waals surface area (Å²) in [5.41, 5.74) is 3.81. The van der Waals surface area contributed by atoms with Crippen LogP contribution in [0.3, 0.4) is 0 Å². The van der Waals surface area contributed by atoms with Crippen molar-refractivity contribution in [3.63, 3.8) is 0 Å². The number of hydrogen-bond donors (Lipinski definition) is 1. The highest BCUT2D eigenvalue weighted by Gasteiger charge is 2.13. The van der Waals surface area contributed by atoms with Gasteiger partial charge in [0.2, 0.25) is 0 Å². The fourth-order valence-corrected chi connectivity index (χ4v) is 3.26. The Morgan fingerprint density at radius 1 is 0.931 bits per heavy atom. The van der Waals surface area contributed by atoms with Gasteiger partial charge in [-0.1, -0.05) is 18.2 Å². The fraction of sp³-hybridized carbons (Fsp3) is 0.0952. The molecule has 0 unspecified atom stereocenters. The number of aryl methyl sites for hydroxylation is 1. The Labute approximate surface area is 166 Å². The second-order valence-electron chi connectivity index (χ2n) is 6.57. The van der Waals surface area contributed by atoms with Gasteiger partial charge >= 0.3 is 0 Å². The molecule has 0 saturated heterocycles. The van der Waals surface area contributed by atoms with E-state index < -0.39 is 0 Å². The Morgan fingerprint density at radius 3 is 2.62 bits per heavy atom. The molecule has 142 valence electrons. The molecule has 0 aliphatic heterocycles. The third-order valence-electron chi connectivity index (χ3n) is 4.72. The lowest BCUT2D eigenvalue weighted by Gasteiger charge is -2.12. The summed E-state index contributed by atoms with van der Waals surface area (Å²) >= 11 is 0. The van der Waals surface area contributed by atoms with E-state index in [1.807, 2.05) is 54.3 Å². The van der Waals surface area contributed by atoms with Crippen LogP contribution in [0.4, 0.5) is 5.82 Å². The highest BCUT2D eigenvalue weighted by molar-refractivity contribution is 5.88. The zero-order chi connectivity index (χ0) is 19.6. The van der Waals surface area contributed by atoms with Crippen LogP contribution < -0.4 is 5.32 Å². The molecule has 5 rings (SSSR count). The van der Waals surface area contributed by atoms with Crippen molar-refractivity contribution in [2.75, 3.05) is 5.32 Å². The van der Waals surface area contributed by atoms with E-state index in [1.54, 1.807) is 29.5 Å². The SMILES string of the molecule is Cn1ncc2c(NCc3ccccc3-n3cccn3)nc(-c3ccncc3)nc21. The van der Waals surface area contributed by atoms with Crippen LogP contribution in [0.15, 0.2) is 73.4 Å². The van der Waals surface area contributed by atoms with Crippen LogP contribution in [0.25, 0.3) is 28.1 Å². The van der Waals surface area contributed by atoms with Crippen molar-refractivity contribution in [3.05, 3.63) is 79.0 Å². The van der Waals surface area contributed by atoms with E-state index >= 15 is 0 Å². The third-order valence-corrected chi connectivity index (χ3v) is 4.72. The van der Waals surface area contributed by atoms with Crippen LogP contribution in [0.5, 0.6) is 0 Å². The Kier molecular flexibility index (Phi) is 4.21. The van der Waals surface area contributed by atoms with Gasteiger partial charge in [0.1, 0.15) is 5.82 Å². The topological polar surface area (TPSA) is 86.3 Å². The average Bonchev–Trinajstić information content (AvgIpc) is 3.43. The molecule has 8 nitrogen and oxygen atoms in total. The molecule has 0 bridgehead atoms. The summed E-state index contributed by atoms with van der Waals surface area (Å²) in [5, 5.41) is 13.1. The van der Waals surface area contributed by atoms with Gasteiger partial charge in [-0.3, -0.25) is 9.67 Å². The molecule has 0 amide bonds. The van der Waals surface area contributed by atoms with Gasteiger partial charge in [-0.2, -0.15) is 10.2 Å². The standard InChI is InChI=1S/C21H18N8/c1-28-21-17(14-25-28)20(26-19(27-21)15-7-10-22-11-8-15)23-13-16-5-2-3-6-18(16)29-12-4-9-24-29/h2-12,14H,13H2,1H3,(H,23,26,27). The van der Waals surface area contributed by atoms with E-state index in [2.05, 4.69) is 31.5 Å². The zero-order valence-electron chi connectivity index (χ0n) is 15.8. The molecular formula is C21H18N8. The van der Waals surface area contributed by atoms with Crippen LogP contribution >= 0.6 is 0 Å². The van der Waals surface area contributed by atoms with E-state index in [9.17, 15) is 0 Å². The van der Waals surface area contributed by atoms with Crippen molar-refractivity contribution >= 4 is 16.9 Å². The van der Waals surface area contributed by atoms with Gasteiger partial charge in [0.05, 0.1) is 17.3 Å². The Morgan fingerprint density at radius 2 is 1.79 bits per heavy atom. The lowest BCUT2D eigenvalue weighted by atomic mass is 10.1. The summed E-state index contributed by atoms with van der Waals surface area (Å²) in [6, 6.07) is 13.9. The molecule has 0 fully saturated rings. The lowest BCUT2D eigenvalue weighted by molar-refractivity contribution is 0.786. The molecule has 1 N–H and O–H groups in total. The average molecular weight is 382 g/mol. The van der Waals surface area contributed by atoms with Gasteiger partial charge in [0, 0.05) is 43.9 Å². The number of pyridine rings is 1. The van der Waals surface area contributed by atoms with E-state index in [1.165, 1.54) is 0 Å². The molecular weight excluding hydrogens is 364 g/mol. The molecule has 8 heteroatoms. The van der Waals surface area contributed by atoms with Crippen molar-refractivity contribution in [2.24, 2.45) is 7.05 Å². The minimum atomic E-state index is 0.590. The summed E-state index contributed by atoms with van der Waals surface area (Å²) in [5.74, 6) is 1.37. The summed E-state index contributed by atoms with van der Waals surface area (Å²) in [6.07, 6.45) is 8.96. The number of aromatic nitrogens is 7. The highest BCUT2D eigenvalue weighted by Crippen LogP contribution is 2.25. The maximum Gasteiger partial charge on any atom is 0.164 e. The Balaban J connectivity index is 1.53. The monoisotopic (exact) mass is 382 g/mol. The minimum absolute atomic E-state index is 0.590. The highest BCUT2D eigenvalue weighted by atomic mass is 15.3. The molecule has 4 heterocycles. The van der Waals surface area contributed by atoms with Crippen molar-refractivity contribution in [3.8, 4) is 17.1 Å². The predicted octanol–water partition coefficient (Wildman–Crippen LogP) is 3.22. The maximum absolute atomic E-state index is 4.77. The first kappa shape index (κ1) is 17.1. The summed E-state index contributed by atoms with van der Waals surface area (Å²) in [7, 11) is 1.88. The maximum atomic E-state index is 4.77. The van der Waals surface area contributed by atoms with E-state index in [0.29, 0.717) is 12.4 Å². The second-order valence-corrected chi connectivity index (χ2v) is 6.57. The van der Waals surface area contributed by atoms with Crippen LogP contribution in [0.2, 0.25) is 0 Å². The van der Waals surface area contributed by atoms with Crippen LogP contribution in [0.1, 0.15) is 5.56 Å². The lowest BCUT2D eigenvalue weighted by Crippen LogP contribution is -2.08. The van der Waals surface area contributed by atoms with Crippen molar-refractivity contribution < 1.29 is 0 Å². The third kappa shape index (κ3) is 3.20. The fourth-order valence-electron chi connectivity index (χ4n) is 3.26. The number of para-hydroxylation sites is 1. The summed E-state index contributed by atoms with van der Waals surface area (Å²) < 4.78 is 3.61. The van der Waals surface area contributed by atoms with Gasteiger partial charge < -0.3 is 5.32 Å². The Hall–Kier alpha value is -4.07. The minimum Gasteiger partial charge on any atom is -0.365 e. The number of benzene rings is 1. The molecule has 4 aromatic heterocycles.